The van der Waals surface area contributed by atoms with Crippen molar-refractivity contribution in [3.8, 4) is 0 Å². The molecule has 1 nitrogen and oxygen atoms in total. The molecule has 0 amide bonds. The first kappa shape index (κ1) is 45.2. The van der Waals surface area contributed by atoms with Crippen LogP contribution < -0.4 is 0 Å². The molecule has 282 valence electrons. The second-order valence-corrected chi connectivity index (χ2v) is 16.6. The molecule has 0 saturated heterocycles. The Morgan fingerprint density at radius 3 is 0.917 bits per heavy atom. The number of rotatable bonds is 37. The van der Waals surface area contributed by atoms with Crippen LogP contribution in [0.25, 0.3) is 0 Å². The number of hydrogen-bond donors (Lipinski definition) is 0. The lowest BCUT2D eigenvalue weighted by Gasteiger charge is -2.41. The Morgan fingerprint density at radius 1 is 0.375 bits per heavy atom. The van der Waals surface area contributed by atoms with Gasteiger partial charge in [-0.15, -0.1) is 0 Å². The van der Waals surface area contributed by atoms with Gasteiger partial charge in [0.05, 0.1) is 19.6 Å². The van der Waals surface area contributed by atoms with Crippen LogP contribution in [-0.2, 0) is 13.0 Å². The Balaban J connectivity index is 2.36. The number of benzene rings is 1. The van der Waals surface area contributed by atoms with Gasteiger partial charge in [0.25, 0.3) is 0 Å². The van der Waals surface area contributed by atoms with Crippen molar-refractivity contribution in [2.45, 2.75) is 240 Å². The first-order valence-electron chi connectivity index (χ1n) is 22.5. The summed E-state index contributed by atoms with van der Waals surface area (Å²) in [7, 11) is 0. The van der Waals surface area contributed by atoms with Crippen molar-refractivity contribution in [3.63, 3.8) is 0 Å². The zero-order valence-corrected chi connectivity index (χ0v) is 34.1. The van der Waals surface area contributed by atoms with E-state index in [4.69, 9.17) is 0 Å². The Bertz CT molecular complexity index is 766. The molecule has 0 saturated carbocycles. The largest absolute Gasteiger partial charge is 0.320 e. The van der Waals surface area contributed by atoms with Gasteiger partial charge in [0, 0.05) is 11.5 Å². The maximum Gasteiger partial charge on any atom is 0.104 e. The lowest BCUT2D eigenvalue weighted by molar-refractivity contribution is -0.944. The van der Waals surface area contributed by atoms with E-state index in [1.54, 1.807) is 5.56 Å². The van der Waals surface area contributed by atoms with Gasteiger partial charge in [-0.2, -0.15) is 0 Å². The first-order valence-corrected chi connectivity index (χ1v) is 22.5. The van der Waals surface area contributed by atoms with Crippen LogP contribution in [0.5, 0.6) is 0 Å². The van der Waals surface area contributed by atoms with Gasteiger partial charge in [-0.25, -0.2) is 0 Å². The van der Waals surface area contributed by atoms with E-state index >= 15 is 0 Å². The fraction of sp³-hybridized carbons (Fsp3) is 0.872. The Labute approximate surface area is 304 Å². The van der Waals surface area contributed by atoms with Gasteiger partial charge in [-0.1, -0.05) is 226 Å². The Kier molecular flexibility index (Phi) is 31.4. The third-order valence-corrected chi connectivity index (χ3v) is 11.2. The maximum absolute atomic E-state index is 2.46. The van der Waals surface area contributed by atoms with E-state index in [0.717, 1.165) is 12.3 Å². The molecule has 0 aliphatic rings. The van der Waals surface area contributed by atoms with Crippen LogP contribution in [0.2, 0.25) is 0 Å². The normalized spacial score (nSPS) is 13.0. The van der Waals surface area contributed by atoms with Crippen LogP contribution in [0.3, 0.4) is 0 Å². The fourth-order valence-electron chi connectivity index (χ4n) is 8.20. The summed E-state index contributed by atoms with van der Waals surface area (Å²) in [6.07, 6.45) is 44.7. The van der Waals surface area contributed by atoms with Crippen LogP contribution in [0, 0.1) is 5.92 Å². The summed E-state index contributed by atoms with van der Waals surface area (Å²) in [4.78, 5) is 0. The van der Waals surface area contributed by atoms with Gasteiger partial charge >= 0.3 is 0 Å². The zero-order valence-electron chi connectivity index (χ0n) is 34.1. The first-order chi connectivity index (χ1) is 23.5. The minimum Gasteiger partial charge on any atom is -0.320 e. The van der Waals surface area contributed by atoms with Gasteiger partial charge in [-0.05, 0) is 37.7 Å². The highest BCUT2D eigenvalue weighted by Gasteiger charge is 2.28. The molecule has 0 bridgehead atoms. The molecule has 0 fully saturated rings. The predicted molar refractivity (Wildman–Crippen MR) is 219 cm³/mol. The molecule has 0 radical (unpaired) electrons. The molecule has 0 N–H and O–H groups in total. The van der Waals surface area contributed by atoms with Crippen LogP contribution in [0.1, 0.15) is 238 Å². The SMILES string of the molecule is CCCCCCCCCCCCCCCCCC[N+](CCCCCCCCCCCCCCCC)(Cc1ccc(CC)cc1)CC(C)C. The molecular formula is C47H90N+. The molecule has 1 rings (SSSR count). The summed E-state index contributed by atoms with van der Waals surface area (Å²) in [6, 6.07) is 9.68. The van der Waals surface area contributed by atoms with E-state index in [1.807, 2.05) is 0 Å². The summed E-state index contributed by atoms with van der Waals surface area (Å²) in [5.41, 5.74) is 3.04. The van der Waals surface area contributed by atoms with E-state index < -0.39 is 0 Å². The molecular weight excluding hydrogens is 579 g/mol. The van der Waals surface area contributed by atoms with Gasteiger partial charge in [0.15, 0.2) is 0 Å². The Morgan fingerprint density at radius 2 is 0.646 bits per heavy atom. The molecule has 0 aliphatic carbocycles. The van der Waals surface area contributed by atoms with Crippen molar-refractivity contribution in [3.05, 3.63) is 35.4 Å². The quantitative estimate of drug-likeness (QED) is 0.0489. The maximum atomic E-state index is 2.46. The van der Waals surface area contributed by atoms with E-state index in [0.29, 0.717) is 0 Å². The standard InChI is InChI=1S/C47H90N/c1-6-9-11-13-15-17-19-21-23-24-26-28-30-32-34-36-42-48(43-45(4)5,44-47-39-37-46(8-3)38-40-47)41-35-33-31-29-27-25-22-20-18-16-14-12-10-7-2/h37-40,45H,6-36,41-44H2,1-5H3/q+1. The van der Waals surface area contributed by atoms with Crippen molar-refractivity contribution in [2.24, 2.45) is 5.92 Å². The second-order valence-electron chi connectivity index (χ2n) is 16.6. The van der Waals surface area contributed by atoms with E-state index in [9.17, 15) is 0 Å². The smallest absolute Gasteiger partial charge is 0.104 e. The van der Waals surface area contributed by atoms with Crippen LogP contribution in [0.4, 0.5) is 0 Å². The molecule has 48 heavy (non-hydrogen) atoms. The van der Waals surface area contributed by atoms with E-state index in [2.05, 4.69) is 58.9 Å². The third kappa shape index (κ3) is 27.0. The highest BCUT2D eigenvalue weighted by molar-refractivity contribution is 5.21. The third-order valence-electron chi connectivity index (χ3n) is 11.2. The van der Waals surface area contributed by atoms with Gasteiger partial charge in [0.1, 0.15) is 6.54 Å². The summed E-state index contributed by atoms with van der Waals surface area (Å²) >= 11 is 0. The molecule has 0 aromatic heterocycles. The fourth-order valence-corrected chi connectivity index (χ4v) is 8.20. The topological polar surface area (TPSA) is 0 Å². The van der Waals surface area contributed by atoms with Gasteiger partial charge in [0.2, 0.25) is 0 Å². The summed E-state index contributed by atoms with van der Waals surface area (Å²) < 4.78 is 1.32. The number of unbranched alkanes of at least 4 members (excludes halogenated alkanes) is 28. The number of quaternary nitrogens is 1. The van der Waals surface area contributed by atoms with Gasteiger partial charge in [-0.3, -0.25) is 0 Å². The van der Waals surface area contributed by atoms with Crippen molar-refractivity contribution < 1.29 is 4.48 Å². The summed E-state index contributed by atoms with van der Waals surface area (Å²) in [5.74, 6) is 0.757. The van der Waals surface area contributed by atoms with Crippen molar-refractivity contribution in [1.29, 1.82) is 0 Å². The minimum atomic E-state index is 0.757. The minimum absolute atomic E-state index is 0.757. The molecule has 1 heteroatoms. The number of hydrogen-bond acceptors (Lipinski definition) is 0. The van der Waals surface area contributed by atoms with Crippen LogP contribution in [0.15, 0.2) is 24.3 Å². The average Bonchev–Trinajstić information content (AvgIpc) is 3.08. The second kappa shape index (κ2) is 33.3. The molecule has 1 atom stereocenters. The highest BCUT2D eigenvalue weighted by atomic mass is 15.3. The predicted octanol–water partition coefficient (Wildman–Crippen LogP) is 16.0. The molecule has 1 aromatic carbocycles. The molecule has 0 aliphatic heterocycles. The summed E-state index contributed by atoms with van der Waals surface area (Å²) in [5, 5.41) is 0. The average molecular weight is 669 g/mol. The highest BCUT2D eigenvalue weighted by Crippen LogP contribution is 2.23. The van der Waals surface area contributed by atoms with Gasteiger partial charge < -0.3 is 4.48 Å². The summed E-state index contributed by atoms with van der Waals surface area (Å²) in [6.45, 7) is 17.2. The lowest BCUT2D eigenvalue weighted by atomic mass is 10.0. The zero-order chi connectivity index (χ0) is 34.8. The molecule has 0 spiro atoms. The number of nitrogens with zero attached hydrogens (tertiary/aromatic N) is 1. The monoisotopic (exact) mass is 669 g/mol. The molecule has 0 heterocycles. The number of aryl methyl sites for hydroxylation is 1. The van der Waals surface area contributed by atoms with Crippen molar-refractivity contribution >= 4 is 0 Å². The Hall–Kier alpha value is -0.820. The lowest BCUT2D eigenvalue weighted by Crippen LogP contribution is -2.51. The van der Waals surface area contributed by atoms with Crippen molar-refractivity contribution in [1.82, 2.24) is 0 Å². The molecule has 1 unspecified atom stereocenters. The van der Waals surface area contributed by atoms with Crippen molar-refractivity contribution in [2.75, 3.05) is 19.6 Å². The molecule has 1 aromatic rings. The van der Waals surface area contributed by atoms with E-state index in [-0.39, 0.29) is 0 Å². The van der Waals surface area contributed by atoms with Crippen LogP contribution >= 0.6 is 0 Å². The van der Waals surface area contributed by atoms with Crippen LogP contribution in [-0.4, -0.2) is 24.1 Å². The van der Waals surface area contributed by atoms with E-state index in [1.165, 1.54) is 229 Å².